The van der Waals surface area contributed by atoms with Gasteiger partial charge in [0.25, 0.3) is 0 Å². The molecule has 3 heterocycles. The summed E-state index contributed by atoms with van der Waals surface area (Å²) >= 11 is 1.76. The van der Waals surface area contributed by atoms with Crippen LogP contribution in [0.25, 0.3) is 0 Å². The second-order valence-electron chi connectivity index (χ2n) is 6.34. The SMILES string of the molecule is CS(=O)(=O)N1CCC[C@@H](CN2CCC[C@H]2c2ccsc2)C1. The predicted octanol–water partition coefficient (Wildman–Crippen LogP) is 2.56. The lowest BCUT2D eigenvalue weighted by Crippen LogP contribution is -2.43. The van der Waals surface area contributed by atoms with Crippen molar-refractivity contribution in [2.24, 2.45) is 5.92 Å². The van der Waals surface area contributed by atoms with Gasteiger partial charge in [-0.3, -0.25) is 4.90 Å². The van der Waals surface area contributed by atoms with Crippen LogP contribution < -0.4 is 0 Å². The lowest BCUT2D eigenvalue weighted by Gasteiger charge is -2.35. The number of hydrogen-bond donors (Lipinski definition) is 0. The van der Waals surface area contributed by atoms with Crippen molar-refractivity contribution in [3.8, 4) is 0 Å². The molecule has 0 aromatic carbocycles. The molecule has 0 aliphatic carbocycles. The molecular weight excluding hydrogens is 304 g/mol. The number of rotatable bonds is 4. The van der Waals surface area contributed by atoms with Crippen LogP contribution in [0, 0.1) is 5.92 Å². The Hall–Kier alpha value is -0.430. The third-order valence-corrected chi connectivity index (χ3v) is 6.71. The number of likely N-dealkylation sites (tertiary alicyclic amines) is 1. The normalized spacial score (nSPS) is 29.0. The van der Waals surface area contributed by atoms with E-state index in [4.69, 9.17) is 0 Å². The summed E-state index contributed by atoms with van der Waals surface area (Å²) in [6, 6.07) is 2.78. The summed E-state index contributed by atoms with van der Waals surface area (Å²) in [5, 5.41) is 4.41. The maximum atomic E-state index is 11.7. The van der Waals surface area contributed by atoms with Crippen LogP contribution in [0.1, 0.15) is 37.3 Å². The highest BCUT2D eigenvalue weighted by atomic mass is 32.2. The van der Waals surface area contributed by atoms with Gasteiger partial charge in [-0.15, -0.1) is 0 Å². The highest BCUT2D eigenvalue weighted by Crippen LogP contribution is 2.34. The molecule has 2 aliphatic heterocycles. The number of sulfonamides is 1. The van der Waals surface area contributed by atoms with Crippen LogP contribution in [-0.4, -0.2) is 50.1 Å². The standard InChI is InChI=1S/C15H24N2O2S2/c1-21(18,19)17-8-2-4-13(11-17)10-16-7-3-5-15(16)14-6-9-20-12-14/h6,9,12-13,15H,2-5,7-8,10-11H2,1H3/t13-,15-/m0/s1. The second kappa shape index (κ2) is 6.36. The van der Waals surface area contributed by atoms with Crippen molar-refractivity contribution in [2.45, 2.75) is 31.7 Å². The predicted molar refractivity (Wildman–Crippen MR) is 87.0 cm³/mol. The van der Waals surface area contributed by atoms with E-state index < -0.39 is 10.0 Å². The van der Waals surface area contributed by atoms with Gasteiger partial charge in [-0.25, -0.2) is 12.7 Å². The Morgan fingerprint density at radius 3 is 2.81 bits per heavy atom. The minimum absolute atomic E-state index is 0.479. The van der Waals surface area contributed by atoms with Crippen molar-refractivity contribution >= 4 is 21.4 Å². The smallest absolute Gasteiger partial charge is 0.211 e. The van der Waals surface area contributed by atoms with Crippen molar-refractivity contribution in [1.82, 2.24) is 9.21 Å². The van der Waals surface area contributed by atoms with E-state index >= 15 is 0 Å². The summed E-state index contributed by atoms with van der Waals surface area (Å²) in [5.41, 5.74) is 1.44. The maximum absolute atomic E-state index is 11.7. The van der Waals surface area contributed by atoms with Crippen molar-refractivity contribution in [2.75, 3.05) is 32.4 Å². The summed E-state index contributed by atoms with van der Waals surface area (Å²) in [6.45, 7) is 3.58. The van der Waals surface area contributed by atoms with Gasteiger partial charge in [0, 0.05) is 25.7 Å². The Morgan fingerprint density at radius 1 is 1.29 bits per heavy atom. The lowest BCUT2D eigenvalue weighted by molar-refractivity contribution is 0.169. The molecule has 0 saturated carbocycles. The fraction of sp³-hybridized carbons (Fsp3) is 0.733. The van der Waals surface area contributed by atoms with Crippen LogP contribution in [0.5, 0.6) is 0 Å². The molecule has 118 valence electrons. The van der Waals surface area contributed by atoms with E-state index in [1.807, 2.05) is 0 Å². The lowest BCUT2D eigenvalue weighted by atomic mass is 9.98. The van der Waals surface area contributed by atoms with E-state index in [0.717, 1.165) is 25.9 Å². The number of nitrogens with zero attached hydrogens (tertiary/aromatic N) is 2. The first-order chi connectivity index (χ1) is 10.0. The molecule has 0 unspecified atom stereocenters. The molecule has 0 N–H and O–H groups in total. The molecule has 0 spiro atoms. The first-order valence-electron chi connectivity index (χ1n) is 7.75. The molecule has 4 nitrogen and oxygen atoms in total. The number of hydrogen-bond acceptors (Lipinski definition) is 4. The largest absolute Gasteiger partial charge is 0.296 e. The van der Waals surface area contributed by atoms with E-state index in [1.165, 1.54) is 24.7 Å². The van der Waals surface area contributed by atoms with E-state index in [9.17, 15) is 8.42 Å². The monoisotopic (exact) mass is 328 g/mol. The van der Waals surface area contributed by atoms with Gasteiger partial charge in [0.2, 0.25) is 10.0 Å². The highest BCUT2D eigenvalue weighted by molar-refractivity contribution is 7.88. The molecule has 0 radical (unpaired) electrons. The van der Waals surface area contributed by atoms with Crippen LogP contribution in [0.3, 0.4) is 0 Å². The summed E-state index contributed by atoms with van der Waals surface area (Å²) in [7, 11) is -3.03. The number of thiophene rings is 1. The van der Waals surface area contributed by atoms with Crippen LogP contribution in [0.2, 0.25) is 0 Å². The molecule has 0 amide bonds. The van der Waals surface area contributed by atoms with E-state index in [-0.39, 0.29) is 0 Å². The van der Waals surface area contributed by atoms with Gasteiger partial charge in [-0.2, -0.15) is 11.3 Å². The highest BCUT2D eigenvalue weighted by Gasteiger charge is 2.31. The fourth-order valence-electron chi connectivity index (χ4n) is 3.70. The molecule has 2 atom stereocenters. The Kier molecular flexibility index (Phi) is 4.69. The Labute approximate surface area is 131 Å². The van der Waals surface area contributed by atoms with Crippen LogP contribution in [0.15, 0.2) is 16.8 Å². The van der Waals surface area contributed by atoms with E-state index in [1.54, 1.807) is 15.6 Å². The molecule has 3 rings (SSSR count). The average Bonchev–Trinajstić information content (AvgIpc) is 3.08. The molecule has 21 heavy (non-hydrogen) atoms. The molecule has 0 bridgehead atoms. The van der Waals surface area contributed by atoms with Gasteiger partial charge in [-0.1, -0.05) is 0 Å². The third kappa shape index (κ3) is 3.67. The number of piperidine rings is 1. The molecule has 2 saturated heterocycles. The maximum Gasteiger partial charge on any atom is 0.211 e. The first-order valence-corrected chi connectivity index (χ1v) is 10.5. The van der Waals surface area contributed by atoms with Gasteiger partial charge in [0.15, 0.2) is 0 Å². The molecule has 1 aromatic rings. The molecule has 1 aromatic heterocycles. The van der Waals surface area contributed by atoms with Crippen LogP contribution >= 0.6 is 11.3 Å². The van der Waals surface area contributed by atoms with E-state index in [0.29, 0.717) is 25.0 Å². The van der Waals surface area contributed by atoms with Crippen molar-refractivity contribution in [1.29, 1.82) is 0 Å². The van der Waals surface area contributed by atoms with Gasteiger partial charge in [0.05, 0.1) is 6.26 Å². The zero-order valence-corrected chi connectivity index (χ0v) is 14.2. The summed E-state index contributed by atoms with van der Waals surface area (Å²) in [4.78, 5) is 2.57. The third-order valence-electron chi connectivity index (χ3n) is 4.74. The second-order valence-corrected chi connectivity index (χ2v) is 9.10. The Balaban J connectivity index is 1.63. The Bertz CT molecular complexity index is 556. The van der Waals surface area contributed by atoms with Gasteiger partial charge < -0.3 is 0 Å². The molecular formula is C15H24N2O2S2. The van der Waals surface area contributed by atoms with Gasteiger partial charge >= 0.3 is 0 Å². The zero-order chi connectivity index (χ0) is 14.9. The van der Waals surface area contributed by atoms with Crippen molar-refractivity contribution in [3.63, 3.8) is 0 Å². The molecule has 6 heteroatoms. The first kappa shape index (κ1) is 15.5. The Morgan fingerprint density at radius 2 is 2.10 bits per heavy atom. The van der Waals surface area contributed by atoms with E-state index in [2.05, 4.69) is 21.7 Å². The molecule has 2 fully saturated rings. The fourth-order valence-corrected chi connectivity index (χ4v) is 5.34. The topological polar surface area (TPSA) is 40.6 Å². The van der Waals surface area contributed by atoms with Crippen LogP contribution in [0.4, 0.5) is 0 Å². The minimum Gasteiger partial charge on any atom is -0.296 e. The van der Waals surface area contributed by atoms with Crippen molar-refractivity contribution in [3.05, 3.63) is 22.4 Å². The zero-order valence-electron chi connectivity index (χ0n) is 12.6. The van der Waals surface area contributed by atoms with Crippen molar-refractivity contribution < 1.29 is 8.42 Å². The van der Waals surface area contributed by atoms with Crippen LogP contribution in [-0.2, 0) is 10.0 Å². The molecule has 2 aliphatic rings. The minimum atomic E-state index is -3.03. The quantitative estimate of drug-likeness (QED) is 0.853. The van der Waals surface area contributed by atoms with Gasteiger partial charge in [-0.05, 0) is 60.5 Å². The summed E-state index contributed by atoms with van der Waals surface area (Å²) in [6.07, 6.45) is 5.97. The summed E-state index contributed by atoms with van der Waals surface area (Å²) < 4.78 is 25.1. The average molecular weight is 329 g/mol. The summed E-state index contributed by atoms with van der Waals surface area (Å²) in [5.74, 6) is 0.479. The van der Waals surface area contributed by atoms with Gasteiger partial charge in [0.1, 0.15) is 0 Å².